The van der Waals surface area contributed by atoms with Gasteiger partial charge in [-0.25, -0.2) is 4.79 Å². The van der Waals surface area contributed by atoms with E-state index in [2.05, 4.69) is 11.4 Å². The molecule has 0 bridgehead atoms. The summed E-state index contributed by atoms with van der Waals surface area (Å²) in [6.45, 7) is 1.32. The molecule has 0 radical (unpaired) electrons. The van der Waals surface area contributed by atoms with Crippen molar-refractivity contribution in [2.75, 3.05) is 19.7 Å². The highest BCUT2D eigenvalue weighted by atomic mass is 32.1. The Kier molecular flexibility index (Phi) is 6.86. The van der Waals surface area contributed by atoms with E-state index in [1.807, 2.05) is 47.8 Å². The minimum Gasteiger partial charge on any atom is -0.491 e. The van der Waals surface area contributed by atoms with Gasteiger partial charge in [-0.3, -0.25) is 0 Å². The monoisotopic (exact) mass is 439 g/mol. The second-order valence-electron chi connectivity index (χ2n) is 7.54. The summed E-state index contributed by atoms with van der Waals surface area (Å²) in [5.41, 5.74) is 3.05. The number of benzene rings is 2. The Morgan fingerprint density at radius 1 is 1.19 bits per heavy atom. The number of carboxylic acid groups (broad SMARTS) is 1. The molecule has 2 atom stereocenters. The van der Waals surface area contributed by atoms with Crippen LogP contribution in [0.4, 0.5) is 0 Å². The molecule has 3 aromatic rings. The first-order chi connectivity index (χ1) is 15.1. The summed E-state index contributed by atoms with van der Waals surface area (Å²) in [5.74, 6) is 0.711. The van der Waals surface area contributed by atoms with Crippen LogP contribution in [0.15, 0.2) is 60.0 Å². The fraction of sp³-hybridized carbons (Fsp3) is 0.292. The third kappa shape index (κ3) is 5.64. The summed E-state index contributed by atoms with van der Waals surface area (Å²) in [6, 6.07) is 17.2. The summed E-state index contributed by atoms with van der Waals surface area (Å²) >= 11 is 1.24. The molecule has 0 spiro atoms. The number of carboxylic acids is 1. The highest BCUT2D eigenvalue weighted by Crippen LogP contribution is 2.33. The number of ether oxygens (including phenoxy) is 2. The van der Waals surface area contributed by atoms with Gasteiger partial charge in [0.2, 0.25) is 0 Å². The Balaban J connectivity index is 1.25. The molecule has 162 valence electrons. The summed E-state index contributed by atoms with van der Waals surface area (Å²) in [5, 5.41) is 24.4. The van der Waals surface area contributed by atoms with Crippen LogP contribution in [0.5, 0.6) is 11.5 Å². The first kappa shape index (κ1) is 21.4. The number of aliphatic hydroxyl groups is 1. The standard InChI is InChI=1S/C24H25NO5S/c26-19(14-29-20-4-2-1-3-5-20)12-25-13-21-8-6-17-10-16(7-9-22(17)30-21)18-11-23(24(27)28)31-15-18/h1-5,7,9-11,15,19,21,25-26H,6,8,12-14H2,(H,27,28)/t19-,21+/m0/s1. The lowest BCUT2D eigenvalue weighted by atomic mass is 9.98. The molecular formula is C24H25NO5S. The summed E-state index contributed by atoms with van der Waals surface area (Å²) < 4.78 is 11.7. The largest absolute Gasteiger partial charge is 0.491 e. The van der Waals surface area contributed by atoms with Gasteiger partial charge in [0.25, 0.3) is 0 Å². The van der Waals surface area contributed by atoms with Crippen LogP contribution >= 0.6 is 11.3 Å². The molecule has 0 amide bonds. The van der Waals surface area contributed by atoms with Crippen molar-refractivity contribution in [3.05, 3.63) is 70.4 Å². The van der Waals surface area contributed by atoms with Crippen molar-refractivity contribution in [2.45, 2.75) is 25.0 Å². The maximum atomic E-state index is 11.1. The van der Waals surface area contributed by atoms with Crippen LogP contribution in [0.2, 0.25) is 0 Å². The van der Waals surface area contributed by atoms with Gasteiger partial charge < -0.3 is 25.0 Å². The van der Waals surface area contributed by atoms with Gasteiger partial charge in [-0.15, -0.1) is 11.3 Å². The number of rotatable bonds is 9. The molecule has 1 aliphatic heterocycles. The third-order valence-corrected chi connectivity index (χ3v) is 6.09. The van der Waals surface area contributed by atoms with Crippen LogP contribution in [0.3, 0.4) is 0 Å². The lowest BCUT2D eigenvalue weighted by Crippen LogP contribution is -2.39. The van der Waals surface area contributed by atoms with Crippen LogP contribution in [0.25, 0.3) is 11.1 Å². The van der Waals surface area contributed by atoms with E-state index in [4.69, 9.17) is 14.6 Å². The van der Waals surface area contributed by atoms with E-state index in [1.165, 1.54) is 11.3 Å². The van der Waals surface area contributed by atoms with E-state index in [1.54, 1.807) is 6.07 Å². The van der Waals surface area contributed by atoms with Crippen molar-refractivity contribution in [1.29, 1.82) is 0 Å². The molecule has 1 aliphatic rings. The SMILES string of the molecule is O=C(O)c1cc(-c2ccc3c(c2)CC[C@H](CNC[C@H](O)COc2ccccc2)O3)cs1. The maximum Gasteiger partial charge on any atom is 0.345 e. The molecule has 6 nitrogen and oxygen atoms in total. The van der Waals surface area contributed by atoms with E-state index in [-0.39, 0.29) is 12.7 Å². The predicted octanol–water partition coefficient (Wildman–Crippen LogP) is 3.84. The molecule has 0 saturated heterocycles. The van der Waals surface area contributed by atoms with Crippen LogP contribution < -0.4 is 14.8 Å². The Hall–Kier alpha value is -2.87. The second-order valence-corrected chi connectivity index (χ2v) is 8.45. The van der Waals surface area contributed by atoms with E-state index in [0.29, 0.717) is 18.0 Å². The van der Waals surface area contributed by atoms with Crippen LogP contribution in [-0.2, 0) is 6.42 Å². The van der Waals surface area contributed by atoms with Gasteiger partial charge in [0.15, 0.2) is 0 Å². The minimum absolute atomic E-state index is 0.0420. The van der Waals surface area contributed by atoms with Gasteiger partial charge in [-0.05, 0) is 65.2 Å². The maximum absolute atomic E-state index is 11.1. The number of aryl methyl sites for hydroxylation is 1. The fourth-order valence-electron chi connectivity index (χ4n) is 3.55. The zero-order valence-corrected chi connectivity index (χ0v) is 17.8. The molecule has 0 unspecified atom stereocenters. The average molecular weight is 440 g/mol. The smallest absolute Gasteiger partial charge is 0.345 e. The highest BCUT2D eigenvalue weighted by Gasteiger charge is 2.21. The lowest BCUT2D eigenvalue weighted by molar-refractivity contribution is 0.0702. The number of hydrogen-bond donors (Lipinski definition) is 3. The van der Waals surface area contributed by atoms with Crippen molar-refractivity contribution < 1.29 is 24.5 Å². The summed E-state index contributed by atoms with van der Waals surface area (Å²) in [6.07, 6.45) is 1.22. The van der Waals surface area contributed by atoms with Gasteiger partial charge in [-0.1, -0.05) is 24.3 Å². The number of hydrogen-bond acceptors (Lipinski definition) is 6. The predicted molar refractivity (Wildman–Crippen MR) is 120 cm³/mol. The first-order valence-electron chi connectivity index (χ1n) is 10.3. The Morgan fingerprint density at radius 3 is 2.81 bits per heavy atom. The molecule has 0 aliphatic carbocycles. The highest BCUT2D eigenvalue weighted by molar-refractivity contribution is 7.12. The molecule has 4 rings (SSSR count). The second kappa shape index (κ2) is 9.96. The first-order valence-corrected chi connectivity index (χ1v) is 11.1. The van der Waals surface area contributed by atoms with Crippen molar-refractivity contribution in [3.8, 4) is 22.6 Å². The zero-order chi connectivity index (χ0) is 21.6. The van der Waals surface area contributed by atoms with Gasteiger partial charge in [0, 0.05) is 13.1 Å². The average Bonchev–Trinajstić information content (AvgIpc) is 3.29. The van der Waals surface area contributed by atoms with E-state index in [0.717, 1.165) is 41.0 Å². The summed E-state index contributed by atoms with van der Waals surface area (Å²) in [4.78, 5) is 11.4. The van der Waals surface area contributed by atoms with Crippen LogP contribution in [0, 0.1) is 0 Å². The number of fused-ring (bicyclic) bond motifs is 1. The molecule has 1 aromatic heterocycles. The van der Waals surface area contributed by atoms with Crippen molar-refractivity contribution >= 4 is 17.3 Å². The number of aliphatic hydroxyl groups excluding tert-OH is 1. The van der Waals surface area contributed by atoms with E-state index >= 15 is 0 Å². The molecule has 7 heteroatoms. The van der Waals surface area contributed by atoms with Crippen molar-refractivity contribution in [1.82, 2.24) is 5.32 Å². The number of aromatic carboxylic acids is 1. The molecular weight excluding hydrogens is 414 g/mol. The Labute approximate surface area is 185 Å². The molecule has 3 N–H and O–H groups in total. The van der Waals surface area contributed by atoms with Gasteiger partial charge in [0.1, 0.15) is 35.2 Å². The topological polar surface area (TPSA) is 88.0 Å². The van der Waals surface area contributed by atoms with Gasteiger partial charge >= 0.3 is 5.97 Å². The number of nitrogens with one attached hydrogen (secondary N) is 1. The van der Waals surface area contributed by atoms with E-state index < -0.39 is 12.1 Å². The van der Waals surface area contributed by atoms with Crippen molar-refractivity contribution in [3.63, 3.8) is 0 Å². The zero-order valence-electron chi connectivity index (χ0n) is 17.0. The molecule has 31 heavy (non-hydrogen) atoms. The normalized spacial score (nSPS) is 16.2. The lowest BCUT2D eigenvalue weighted by Gasteiger charge is -2.27. The summed E-state index contributed by atoms with van der Waals surface area (Å²) in [7, 11) is 0. The molecule has 2 aromatic carbocycles. The quantitative estimate of drug-likeness (QED) is 0.470. The van der Waals surface area contributed by atoms with E-state index in [9.17, 15) is 9.90 Å². The minimum atomic E-state index is -0.898. The number of carbonyl (C=O) groups is 1. The third-order valence-electron chi connectivity index (χ3n) is 5.17. The Morgan fingerprint density at radius 2 is 2.03 bits per heavy atom. The Bertz CT molecular complexity index is 1020. The number of para-hydroxylation sites is 1. The van der Waals surface area contributed by atoms with Gasteiger partial charge in [0.05, 0.1) is 0 Å². The molecule has 0 fully saturated rings. The molecule has 0 saturated carbocycles. The number of thiophene rings is 1. The molecule has 2 heterocycles. The van der Waals surface area contributed by atoms with Crippen LogP contribution in [-0.4, -0.2) is 48.1 Å². The van der Waals surface area contributed by atoms with Crippen molar-refractivity contribution in [2.24, 2.45) is 0 Å². The van der Waals surface area contributed by atoms with Crippen LogP contribution in [0.1, 0.15) is 21.7 Å². The fourth-order valence-corrected chi connectivity index (χ4v) is 4.30. The van der Waals surface area contributed by atoms with Gasteiger partial charge in [-0.2, -0.15) is 0 Å².